The van der Waals surface area contributed by atoms with E-state index in [-0.39, 0.29) is 24.5 Å². The summed E-state index contributed by atoms with van der Waals surface area (Å²) in [6.45, 7) is 6.55. The zero-order valence-corrected chi connectivity index (χ0v) is 10.8. The maximum absolute atomic E-state index is 11.7. The van der Waals surface area contributed by atoms with Crippen molar-refractivity contribution in [3.05, 3.63) is 0 Å². The molecule has 98 valence electrons. The van der Waals surface area contributed by atoms with E-state index in [4.69, 9.17) is 5.11 Å². The zero-order chi connectivity index (χ0) is 13.1. The van der Waals surface area contributed by atoms with Crippen LogP contribution in [0, 0.1) is 5.92 Å². The molecule has 17 heavy (non-hydrogen) atoms. The quantitative estimate of drug-likeness (QED) is 0.719. The number of rotatable bonds is 6. The molecule has 0 aliphatic heterocycles. The van der Waals surface area contributed by atoms with Crippen LogP contribution in [-0.2, 0) is 9.59 Å². The molecule has 0 heterocycles. The molecule has 0 aromatic heterocycles. The van der Waals surface area contributed by atoms with Crippen LogP contribution in [0.3, 0.4) is 0 Å². The lowest BCUT2D eigenvalue weighted by molar-refractivity contribution is -0.138. The Balaban J connectivity index is 2.40. The van der Waals surface area contributed by atoms with Gasteiger partial charge in [0.1, 0.15) is 0 Å². The molecule has 0 atom stereocenters. The van der Waals surface area contributed by atoms with Crippen LogP contribution in [0.5, 0.6) is 0 Å². The molecule has 0 radical (unpaired) electrons. The fourth-order valence-electron chi connectivity index (χ4n) is 1.70. The molecule has 1 aliphatic rings. The van der Waals surface area contributed by atoms with E-state index in [0.717, 1.165) is 12.8 Å². The van der Waals surface area contributed by atoms with Gasteiger partial charge in [0.05, 0.1) is 13.1 Å². The molecule has 0 bridgehead atoms. The monoisotopic (exact) mass is 242 g/mol. The summed E-state index contributed by atoms with van der Waals surface area (Å²) in [7, 11) is 0. The first-order valence-electron chi connectivity index (χ1n) is 6.01. The van der Waals surface area contributed by atoms with Crippen molar-refractivity contribution in [2.24, 2.45) is 5.92 Å². The summed E-state index contributed by atoms with van der Waals surface area (Å²) >= 11 is 0. The molecule has 1 fully saturated rings. The topological polar surface area (TPSA) is 69.6 Å². The zero-order valence-electron chi connectivity index (χ0n) is 10.8. The molecule has 1 saturated carbocycles. The van der Waals surface area contributed by atoms with E-state index in [1.807, 2.05) is 20.8 Å². The Hall–Kier alpha value is -1.10. The fraction of sp³-hybridized carbons (Fsp3) is 0.833. The van der Waals surface area contributed by atoms with Gasteiger partial charge in [0.2, 0.25) is 5.91 Å². The number of nitrogens with zero attached hydrogens (tertiary/aromatic N) is 1. The van der Waals surface area contributed by atoms with Crippen LogP contribution in [-0.4, -0.2) is 47.1 Å². The van der Waals surface area contributed by atoms with Crippen molar-refractivity contribution in [1.29, 1.82) is 0 Å². The van der Waals surface area contributed by atoms with E-state index in [1.165, 1.54) is 0 Å². The number of carbonyl (C=O) groups excluding carboxylic acids is 1. The van der Waals surface area contributed by atoms with Crippen molar-refractivity contribution >= 4 is 11.9 Å². The van der Waals surface area contributed by atoms with Gasteiger partial charge in [0.25, 0.3) is 0 Å². The number of carboxylic acid groups (broad SMARTS) is 1. The van der Waals surface area contributed by atoms with E-state index in [2.05, 4.69) is 5.32 Å². The first kappa shape index (κ1) is 14.0. The van der Waals surface area contributed by atoms with Crippen LogP contribution in [0.4, 0.5) is 0 Å². The van der Waals surface area contributed by atoms with Crippen molar-refractivity contribution in [2.75, 3.05) is 19.6 Å². The molecule has 5 nitrogen and oxygen atoms in total. The molecule has 1 amide bonds. The van der Waals surface area contributed by atoms with Gasteiger partial charge >= 0.3 is 5.97 Å². The lowest BCUT2D eigenvalue weighted by atomic mass is 10.1. The SMILES string of the molecule is CC(C)(C)NC(=O)CN(CC(=O)O)CC1CC1. The Labute approximate surface area is 102 Å². The molecular weight excluding hydrogens is 220 g/mol. The van der Waals surface area contributed by atoms with Crippen LogP contribution < -0.4 is 5.32 Å². The summed E-state index contributed by atoms with van der Waals surface area (Å²) in [5, 5.41) is 11.6. The van der Waals surface area contributed by atoms with Gasteiger partial charge < -0.3 is 10.4 Å². The van der Waals surface area contributed by atoms with Crippen LogP contribution in [0.15, 0.2) is 0 Å². The van der Waals surface area contributed by atoms with Gasteiger partial charge in [-0.05, 0) is 39.5 Å². The highest BCUT2D eigenvalue weighted by Gasteiger charge is 2.26. The summed E-state index contributed by atoms with van der Waals surface area (Å²) < 4.78 is 0. The van der Waals surface area contributed by atoms with Crippen molar-refractivity contribution in [1.82, 2.24) is 10.2 Å². The van der Waals surface area contributed by atoms with E-state index >= 15 is 0 Å². The van der Waals surface area contributed by atoms with Gasteiger partial charge in [0, 0.05) is 12.1 Å². The highest BCUT2D eigenvalue weighted by molar-refractivity contribution is 5.79. The Kier molecular flexibility index (Phi) is 4.51. The second-order valence-corrected chi connectivity index (χ2v) is 5.80. The Bertz CT molecular complexity index is 293. The number of amides is 1. The maximum Gasteiger partial charge on any atom is 0.317 e. The molecule has 0 saturated heterocycles. The predicted octanol–water partition coefficient (Wildman–Crippen LogP) is 0.698. The van der Waals surface area contributed by atoms with Crippen LogP contribution >= 0.6 is 0 Å². The minimum atomic E-state index is -0.880. The number of nitrogens with one attached hydrogen (secondary N) is 1. The molecule has 1 rings (SSSR count). The van der Waals surface area contributed by atoms with Crippen molar-refractivity contribution in [3.63, 3.8) is 0 Å². The van der Waals surface area contributed by atoms with Gasteiger partial charge in [-0.3, -0.25) is 14.5 Å². The predicted molar refractivity (Wildman–Crippen MR) is 64.7 cm³/mol. The average molecular weight is 242 g/mol. The van der Waals surface area contributed by atoms with E-state index in [0.29, 0.717) is 12.5 Å². The smallest absolute Gasteiger partial charge is 0.317 e. The molecule has 0 aromatic carbocycles. The Morgan fingerprint density at radius 2 is 1.88 bits per heavy atom. The van der Waals surface area contributed by atoms with Crippen LogP contribution in [0.1, 0.15) is 33.6 Å². The third kappa shape index (κ3) is 6.94. The van der Waals surface area contributed by atoms with E-state index in [1.54, 1.807) is 4.90 Å². The third-order valence-electron chi connectivity index (χ3n) is 2.45. The number of aliphatic carboxylic acids is 1. The van der Waals surface area contributed by atoms with E-state index in [9.17, 15) is 9.59 Å². The summed E-state index contributed by atoms with van der Waals surface area (Å²) in [5.74, 6) is -0.412. The van der Waals surface area contributed by atoms with Gasteiger partial charge in [-0.2, -0.15) is 0 Å². The largest absolute Gasteiger partial charge is 0.480 e. The molecule has 1 aliphatic carbocycles. The number of hydrogen-bond donors (Lipinski definition) is 2. The van der Waals surface area contributed by atoms with Gasteiger partial charge in [-0.15, -0.1) is 0 Å². The van der Waals surface area contributed by atoms with Crippen molar-refractivity contribution < 1.29 is 14.7 Å². The highest BCUT2D eigenvalue weighted by Crippen LogP contribution is 2.29. The highest BCUT2D eigenvalue weighted by atomic mass is 16.4. The summed E-state index contributed by atoms with van der Waals surface area (Å²) in [6.07, 6.45) is 2.30. The first-order chi connectivity index (χ1) is 7.76. The van der Waals surface area contributed by atoms with Crippen molar-refractivity contribution in [3.8, 4) is 0 Å². The molecule has 5 heteroatoms. The lowest BCUT2D eigenvalue weighted by Crippen LogP contribution is -2.47. The van der Waals surface area contributed by atoms with Gasteiger partial charge in [0.15, 0.2) is 0 Å². The minimum Gasteiger partial charge on any atom is -0.480 e. The molecule has 0 unspecified atom stereocenters. The lowest BCUT2D eigenvalue weighted by Gasteiger charge is -2.24. The van der Waals surface area contributed by atoms with Crippen molar-refractivity contribution in [2.45, 2.75) is 39.2 Å². The van der Waals surface area contributed by atoms with Gasteiger partial charge in [-0.25, -0.2) is 0 Å². The number of carbonyl (C=O) groups is 2. The second kappa shape index (κ2) is 5.49. The fourth-order valence-corrected chi connectivity index (χ4v) is 1.70. The minimum absolute atomic E-state index is 0.0614. The third-order valence-corrected chi connectivity index (χ3v) is 2.45. The molecule has 0 aromatic rings. The first-order valence-corrected chi connectivity index (χ1v) is 6.01. The molecule has 2 N–H and O–H groups in total. The maximum atomic E-state index is 11.7. The second-order valence-electron chi connectivity index (χ2n) is 5.80. The summed E-state index contributed by atoms with van der Waals surface area (Å²) in [5.41, 5.74) is -0.272. The summed E-state index contributed by atoms with van der Waals surface area (Å²) in [4.78, 5) is 24.1. The number of hydrogen-bond acceptors (Lipinski definition) is 3. The summed E-state index contributed by atoms with van der Waals surface area (Å²) in [6, 6.07) is 0. The van der Waals surface area contributed by atoms with E-state index < -0.39 is 5.97 Å². The van der Waals surface area contributed by atoms with Gasteiger partial charge in [-0.1, -0.05) is 0 Å². The Morgan fingerprint density at radius 3 is 2.29 bits per heavy atom. The normalized spacial score (nSPS) is 16.0. The average Bonchev–Trinajstić information content (AvgIpc) is 2.81. The standard InChI is InChI=1S/C12H22N2O3/c1-12(2,3)13-10(15)7-14(8-11(16)17)6-9-4-5-9/h9H,4-8H2,1-3H3,(H,13,15)(H,16,17). The van der Waals surface area contributed by atoms with Crippen LogP contribution in [0.2, 0.25) is 0 Å². The number of carboxylic acids is 1. The molecular formula is C12H22N2O3. The Morgan fingerprint density at radius 1 is 1.29 bits per heavy atom. The van der Waals surface area contributed by atoms with Crippen LogP contribution in [0.25, 0.3) is 0 Å². The molecule has 0 spiro atoms.